The summed E-state index contributed by atoms with van der Waals surface area (Å²) in [6.45, 7) is 3.30. The number of aliphatic carboxylic acids is 1. The molecule has 3 heterocycles. The summed E-state index contributed by atoms with van der Waals surface area (Å²) in [7, 11) is 0. The molecule has 4 aliphatic rings. The summed E-state index contributed by atoms with van der Waals surface area (Å²) in [5.41, 5.74) is 2.51. The topological polar surface area (TPSA) is 113 Å². The van der Waals surface area contributed by atoms with Gasteiger partial charge in [0.1, 0.15) is 23.8 Å². The number of aryl methyl sites for hydroxylation is 1. The number of aromatic nitrogens is 1. The van der Waals surface area contributed by atoms with Crippen molar-refractivity contribution in [2.45, 2.75) is 90.2 Å². The molecule has 0 radical (unpaired) electrons. The van der Waals surface area contributed by atoms with Crippen molar-refractivity contribution in [2.24, 2.45) is 11.3 Å². The van der Waals surface area contributed by atoms with Gasteiger partial charge in [-0.3, -0.25) is 14.4 Å². The molecule has 2 amide bonds. The van der Waals surface area contributed by atoms with Crippen LogP contribution in [0.1, 0.15) is 92.5 Å². The van der Waals surface area contributed by atoms with Crippen LogP contribution in [0.3, 0.4) is 0 Å². The van der Waals surface area contributed by atoms with Crippen LogP contribution in [0.4, 0.5) is 0 Å². The summed E-state index contributed by atoms with van der Waals surface area (Å²) in [6.07, 6.45) is 8.41. The van der Waals surface area contributed by atoms with Gasteiger partial charge in [-0.1, -0.05) is 29.6 Å². The van der Waals surface area contributed by atoms with Crippen LogP contribution in [0.2, 0.25) is 5.02 Å². The van der Waals surface area contributed by atoms with Crippen molar-refractivity contribution in [3.8, 4) is 5.75 Å². The Hall–Kier alpha value is -3.07. The van der Waals surface area contributed by atoms with Crippen LogP contribution in [0, 0.1) is 11.3 Å². The molecule has 1 N–H and O–H groups in total. The zero-order valence-corrected chi connectivity index (χ0v) is 24.4. The maximum Gasteiger partial charge on any atom is 0.310 e. The van der Waals surface area contributed by atoms with Gasteiger partial charge in [0.2, 0.25) is 11.8 Å². The highest BCUT2D eigenvalue weighted by Gasteiger charge is 2.50. The van der Waals surface area contributed by atoms with Gasteiger partial charge in [-0.25, -0.2) is 0 Å². The molecule has 9 nitrogen and oxygen atoms in total. The lowest BCUT2D eigenvalue weighted by Gasteiger charge is -2.45. The van der Waals surface area contributed by atoms with E-state index < -0.39 is 23.3 Å². The molecular formula is C31H38ClN3O6. The molecule has 1 aromatic heterocycles. The van der Waals surface area contributed by atoms with Gasteiger partial charge in [0.15, 0.2) is 0 Å². The number of rotatable bonds is 7. The number of fused-ring (bicyclic) bond motifs is 2. The summed E-state index contributed by atoms with van der Waals surface area (Å²) < 4.78 is 12.0. The molecule has 3 atom stereocenters. The van der Waals surface area contributed by atoms with Gasteiger partial charge in [0.25, 0.3) is 0 Å². The molecule has 1 saturated heterocycles. The highest BCUT2D eigenvalue weighted by atomic mass is 35.5. The van der Waals surface area contributed by atoms with E-state index in [0.717, 1.165) is 73.1 Å². The second-order valence-corrected chi connectivity index (χ2v) is 12.6. The molecule has 1 unspecified atom stereocenters. The number of carboxylic acids is 1. The Balaban J connectivity index is 1.36. The van der Waals surface area contributed by atoms with Gasteiger partial charge >= 0.3 is 5.97 Å². The summed E-state index contributed by atoms with van der Waals surface area (Å²) in [4.78, 5) is 43.1. The fourth-order valence-corrected chi connectivity index (χ4v) is 7.62. The maximum atomic E-state index is 14.3. The van der Waals surface area contributed by atoms with E-state index in [2.05, 4.69) is 5.16 Å². The molecule has 220 valence electrons. The number of hydrogen-bond donors (Lipinski definition) is 1. The van der Waals surface area contributed by atoms with E-state index in [1.54, 1.807) is 6.92 Å². The Bertz CT molecular complexity index is 1360. The number of amides is 2. The molecule has 1 aromatic carbocycles. The van der Waals surface area contributed by atoms with Gasteiger partial charge in [-0.15, -0.1) is 0 Å². The highest BCUT2D eigenvalue weighted by molar-refractivity contribution is 6.31. The number of carbonyl (C=O) groups is 3. The van der Waals surface area contributed by atoms with E-state index in [4.69, 9.17) is 20.9 Å². The van der Waals surface area contributed by atoms with Gasteiger partial charge < -0.3 is 24.2 Å². The second-order valence-electron chi connectivity index (χ2n) is 12.2. The van der Waals surface area contributed by atoms with Crippen molar-refractivity contribution in [2.75, 3.05) is 19.6 Å². The minimum atomic E-state index is -1.12. The molecule has 41 heavy (non-hydrogen) atoms. The first-order valence-corrected chi connectivity index (χ1v) is 15.4. The Morgan fingerprint density at radius 2 is 1.93 bits per heavy atom. The average molecular weight is 584 g/mol. The predicted molar refractivity (Wildman–Crippen MR) is 151 cm³/mol. The Labute approximate surface area is 245 Å². The predicted octanol–water partition coefficient (Wildman–Crippen LogP) is 5.12. The van der Waals surface area contributed by atoms with Crippen molar-refractivity contribution in [3.63, 3.8) is 0 Å². The number of likely N-dealkylation sites (tertiary alicyclic amines) is 1. The molecule has 10 heteroatoms. The zero-order chi connectivity index (χ0) is 28.7. The monoisotopic (exact) mass is 583 g/mol. The Kier molecular flexibility index (Phi) is 7.74. The molecular weight excluding hydrogens is 546 g/mol. The molecule has 1 saturated carbocycles. The third-order valence-corrected chi connectivity index (χ3v) is 10.2. The zero-order valence-electron chi connectivity index (χ0n) is 23.6. The minimum absolute atomic E-state index is 0.0660. The van der Waals surface area contributed by atoms with E-state index >= 15 is 0 Å². The van der Waals surface area contributed by atoms with Crippen molar-refractivity contribution in [3.05, 3.63) is 45.3 Å². The standard InChI is InChI=1S/C31H38ClN3O6/c1-31(30(38)39)14-5-4-8-21(31)29(37)35-16-13-19-22(32)11-12-26(28(19)24(35)17-34-15-6-10-27(34)36)40-18-23-20-7-2-3-9-25(20)41-33-23/h11-12,21,24H,2-10,13-18H2,1H3,(H,38,39)/t21?,24-,31-/m1/s1. The molecule has 0 bridgehead atoms. The smallest absolute Gasteiger partial charge is 0.310 e. The molecule has 2 fully saturated rings. The summed E-state index contributed by atoms with van der Waals surface area (Å²) in [6, 6.07) is 3.17. The lowest BCUT2D eigenvalue weighted by molar-refractivity contribution is -0.162. The normalized spacial score (nSPS) is 26.0. The Morgan fingerprint density at radius 3 is 2.71 bits per heavy atom. The van der Waals surface area contributed by atoms with E-state index in [-0.39, 0.29) is 18.4 Å². The van der Waals surface area contributed by atoms with E-state index in [9.17, 15) is 19.5 Å². The summed E-state index contributed by atoms with van der Waals surface area (Å²) in [5, 5.41) is 15.0. The van der Waals surface area contributed by atoms with Crippen LogP contribution in [-0.4, -0.2) is 57.5 Å². The van der Waals surface area contributed by atoms with Crippen LogP contribution in [0.25, 0.3) is 0 Å². The second kappa shape index (κ2) is 11.3. The Morgan fingerprint density at radius 1 is 1.10 bits per heavy atom. The van der Waals surface area contributed by atoms with E-state index in [0.29, 0.717) is 56.1 Å². The third kappa shape index (κ3) is 5.11. The van der Waals surface area contributed by atoms with Crippen LogP contribution >= 0.6 is 11.6 Å². The van der Waals surface area contributed by atoms with Gasteiger partial charge in [0, 0.05) is 48.6 Å². The maximum absolute atomic E-state index is 14.3. The first-order chi connectivity index (χ1) is 19.8. The largest absolute Gasteiger partial charge is 0.487 e. The molecule has 0 spiro atoms. The summed E-state index contributed by atoms with van der Waals surface area (Å²) in [5.74, 6) is -0.107. The van der Waals surface area contributed by atoms with Gasteiger partial charge in [0.05, 0.1) is 17.4 Å². The van der Waals surface area contributed by atoms with Crippen molar-refractivity contribution < 1.29 is 28.8 Å². The van der Waals surface area contributed by atoms with Crippen molar-refractivity contribution in [1.82, 2.24) is 15.0 Å². The van der Waals surface area contributed by atoms with Crippen LogP contribution in [0.15, 0.2) is 16.7 Å². The van der Waals surface area contributed by atoms with E-state index in [1.165, 1.54) is 0 Å². The number of halogens is 1. The molecule has 2 aliphatic heterocycles. The van der Waals surface area contributed by atoms with Crippen LogP contribution < -0.4 is 4.74 Å². The lowest BCUT2D eigenvalue weighted by Crippen LogP contribution is -2.52. The number of ether oxygens (including phenoxy) is 1. The summed E-state index contributed by atoms with van der Waals surface area (Å²) >= 11 is 6.74. The number of carboxylic acid groups (broad SMARTS) is 1. The minimum Gasteiger partial charge on any atom is -0.487 e. The first kappa shape index (κ1) is 28.1. The fraction of sp³-hybridized carbons (Fsp3) is 0.613. The number of nitrogens with zero attached hydrogens (tertiary/aromatic N) is 3. The lowest BCUT2D eigenvalue weighted by atomic mass is 9.66. The first-order valence-electron chi connectivity index (χ1n) is 15.0. The average Bonchev–Trinajstić information content (AvgIpc) is 3.58. The number of hydrogen-bond acceptors (Lipinski definition) is 6. The molecule has 2 aliphatic carbocycles. The fourth-order valence-electron chi connectivity index (χ4n) is 7.36. The molecule has 2 aromatic rings. The van der Waals surface area contributed by atoms with Gasteiger partial charge in [-0.05, 0) is 69.6 Å². The molecule has 6 rings (SSSR count). The van der Waals surface area contributed by atoms with Crippen LogP contribution in [-0.2, 0) is 40.3 Å². The number of carbonyl (C=O) groups excluding carboxylic acids is 2. The third-order valence-electron chi connectivity index (χ3n) is 9.81. The van der Waals surface area contributed by atoms with Crippen molar-refractivity contribution >= 4 is 29.4 Å². The van der Waals surface area contributed by atoms with Crippen LogP contribution in [0.5, 0.6) is 5.75 Å². The quantitative estimate of drug-likeness (QED) is 0.481. The number of benzene rings is 1. The highest BCUT2D eigenvalue weighted by Crippen LogP contribution is 2.46. The van der Waals surface area contributed by atoms with Crippen molar-refractivity contribution in [1.29, 1.82) is 0 Å². The van der Waals surface area contributed by atoms with Gasteiger partial charge in [-0.2, -0.15) is 0 Å². The SMILES string of the molecule is C[C@@]1(C(=O)O)CCCCC1C(=O)N1CCc2c(Cl)ccc(OCc3noc4c3CCCC4)c2[C@H]1CN1CCCC1=O. The van der Waals surface area contributed by atoms with E-state index in [1.807, 2.05) is 21.9 Å².